The second-order valence-electron chi connectivity index (χ2n) is 13.2. The number of nitrogens with one attached hydrogen (secondary N) is 5. The van der Waals surface area contributed by atoms with Crippen LogP contribution in [0.5, 0.6) is 0 Å². The summed E-state index contributed by atoms with van der Waals surface area (Å²) in [7, 11) is -16.4. The van der Waals surface area contributed by atoms with E-state index in [2.05, 4.69) is 44.7 Å². The highest BCUT2D eigenvalue weighted by molar-refractivity contribution is 8.00. The van der Waals surface area contributed by atoms with Crippen LogP contribution in [-0.2, 0) is 41.2 Å². The van der Waals surface area contributed by atoms with E-state index >= 15 is 0 Å². The van der Waals surface area contributed by atoms with Crippen molar-refractivity contribution in [3.8, 4) is 0 Å². The van der Waals surface area contributed by atoms with Crippen LogP contribution in [0.2, 0.25) is 0 Å². The minimum atomic E-state index is -5.62. The summed E-state index contributed by atoms with van der Waals surface area (Å²) in [5, 5.41) is 14.9. The Balaban J connectivity index is 0.960. The van der Waals surface area contributed by atoms with Crippen molar-refractivity contribution in [2.45, 2.75) is 107 Å². The van der Waals surface area contributed by atoms with Gasteiger partial charge in [0.1, 0.15) is 11.9 Å². The second-order valence-corrected chi connectivity index (χ2v) is 18.9. The van der Waals surface area contributed by atoms with Crippen LogP contribution in [-0.4, -0.2) is 108 Å². The number of amides is 5. The summed E-state index contributed by atoms with van der Waals surface area (Å²) in [6, 6.07) is 0.311. The third-order valence-corrected chi connectivity index (χ3v) is 14.1. The number of ether oxygens (including phenoxy) is 1. The molecule has 3 unspecified atom stereocenters. The Labute approximate surface area is 321 Å². The van der Waals surface area contributed by atoms with Crippen molar-refractivity contribution in [2.24, 2.45) is 0 Å². The van der Waals surface area contributed by atoms with E-state index in [1.165, 1.54) is 17.1 Å². The first-order valence-electron chi connectivity index (χ1n) is 18.0. The van der Waals surface area contributed by atoms with Gasteiger partial charge >= 0.3 is 29.5 Å². The number of phosphoric ester groups is 1. The lowest BCUT2D eigenvalue weighted by atomic mass is 10.0. The van der Waals surface area contributed by atoms with Crippen LogP contribution in [0.3, 0.4) is 0 Å². The van der Waals surface area contributed by atoms with Gasteiger partial charge in [-0.3, -0.25) is 18.9 Å². The number of carbonyl (C=O) groups is 4. The zero-order chi connectivity index (χ0) is 40.1. The van der Waals surface area contributed by atoms with E-state index in [9.17, 15) is 42.7 Å². The molecule has 0 aliphatic carbocycles. The van der Waals surface area contributed by atoms with Gasteiger partial charge in [0.25, 0.3) is 5.91 Å². The third-order valence-electron chi connectivity index (χ3n) is 8.79. The Morgan fingerprint density at radius 2 is 1.53 bits per heavy atom. The second kappa shape index (κ2) is 21.4. The van der Waals surface area contributed by atoms with E-state index in [1.807, 2.05) is 11.8 Å². The van der Waals surface area contributed by atoms with Gasteiger partial charge < -0.3 is 55.5 Å². The SMILES string of the molecule is O=C(CCCCCNC(=O)CCCCC1SC[C@H]2NC(=O)N[C@@H]12)NCCCCNC(=O)c1cn([C@H]2CC[C@@H](COP(=O)(O)OP(=O)(O)OP(=O)(O)O)O2)cn1. The molecule has 5 amide bonds. The molecule has 0 radical (unpaired) electrons. The number of hydrogen-bond acceptors (Lipinski definition) is 13. The third kappa shape index (κ3) is 16.5. The number of rotatable bonds is 25. The molecule has 26 heteroatoms. The maximum absolute atomic E-state index is 12.5. The van der Waals surface area contributed by atoms with E-state index < -0.39 is 48.3 Å². The molecule has 0 saturated carbocycles. The van der Waals surface area contributed by atoms with Gasteiger partial charge in [-0.1, -0.05) is 12.8 Å². The molecule has 0 bridgehead atoms. The van der Waals surface area contributed by atoms with Crippen molar-refractivity contribution in [3.05, 3.63) is 18.2 Å². The van der Waals surface area contributed by atoms with Crippen LogP contribution in [0.25, 0.3) is 0 Å². The molecule has 4 heterocycles. The highest BCUT2D eigenvalue weighted by Gasteiger charge is 2.43. The van der Waals surface area contributed by atoms with Crippen molar-refractivity contribution in [1.29, 1.82) is 0 Å². The van der Waals surface area contributed by atoms with Gasteiger partial charge in [0.15, 0.2) is 0 Å². The monoisotopic (exact) mass is 861 g/mol. The molecule has 3 fully saturated rings. The molecule has 1 aromatic rings. The molecule has 22 nitrogen and oxygen atoms in total. The normalized spacial score (nSPS) is 24.3. The van der Waals surface area contributed by atoms with Crippen molar-refractivity contribution in [2.75, 3.05) is 32.0 Å². The van der Waals surface area contributed by atoms with E-state index in [0.29, 0.717) is 69.8 Å². The topological polar surface area (TPSA) is 315 Å². The number of phosphoric acid groups is 3. The first kappa shape index (κ1) is 45.3. The molecular formula is C29H50N7O15P3S. The predicted molar refractivity (Wildman–Crippen MR) is 195 cm³/mol. The number of nitrogens with zero attached hydrogens (tertiary/aromatic N) is 2. The summed E-state index contributed by atoms with van der Waals surface area (Å²) in [5.41, 5.74) is 0.125. The summed E-state index contributed by atoms with van der Waals surface area (Å²) in [6.45, 7) is 0.824. The van der Waals surface area contributed by atoms with E-state index in [1.54, 1.807) is 0 Å². The number of imidazole rings is 1. The zero-order valence-corrected chi connectivity index (χ0v) is 33.5. The lowest BCUT2D eigenvalue weighted by molar-refractivity contribution is -0.122. The van der Waals surface area contributed by atoms with Crippen LogP contribution >= 0.6 is 35.2 Å². The molecule has 55 heavy (non-hydrogen) atoms. The summed E-state index contributed by atoms with van der Waals surface area (Å²) >= 11 is 1.87. The molecule has 3 saturated heterocycles. The van der Waals surface area contributed by atoms with E-state index in [-0.39, 0.29) is 35.6 Å². The molecule has 0 spiro atoms. The molecule has 312 valence electrons. The molecule has 3 aliphatic rings. The molecule has 7 atom stereocenters. The fourth-order valence-corrected chi connectivity index (χ4v) is 10.7. The van der Waals surface area contributed by atoms with Gasteiger partial charge in [-0.15, -0.1) is 0 Å². The van der Waals surface area contributed by atoms with Crippen LogP contribution in [0.4, 0.5) is 4.79 Å². The van der Waals surface area contributed by atoms with Crippen molar-refractivity contribution < 1.29 is 70.3 Å². The number of urea groups is 1. The van der Waals surface area contributed by atoms with Gasteiger partial charge in [-0.2, -0.15) is 20.4 Å². The Kier molecular flexibility index (Phi) is 17.6. The number of unbranched alkanes of at least 4 members (excludes halogenated alkanes) is 4. The van der Waals surface area contributed by atoms with Crippen LogP contribution in [0, 0.1) is 0 Å². The summed E-state index contributed by atoms with van der Waals surface area (Å²) in [6.07, 6.45) is 9.38. The quantitative estimate of drug-likeness (QED) is 0.0385. The summed E-state index contributed by atoms with van der Waals surface area (Å²) in [4.78, 5) is 88.4. The smallest absolute Gasteiger partial charge is 0.356 e. The number of carbonyl (C=O) groups excluding carboxylic acids is 4. The van der Waals surface area contributed by atoms with Crippen molar-refractivity contribution >= 4 is 59.0 Å². The average molecular weight is 862 g/mol. The van der Waals surface area contributed by atoms with Gasteiger partial charge in [0.2, 0.25) is 11.8 Å². The lowest BCUT2D eigenvalue weighted by Gasteiger charge is -2.18. The molecule has 9 N–H and O–H groups in total. The van der Waals surface area contributed by atoms with Gasteiger partial charge in [-0.05, 0) is 51.4 Å². The highest BCUT2D eigenvalue weighted by Crippen LogP contribution is 2.66. The van der Waals surface area contributed by atoms with E-state index in [4.69, 9.17) is 14.5 Å². The van der Waals surface area contributed by atoms with Gasteiger partial charge in [0.05, 0.1) is 31.1 Å². The minimum absolute atomic E-state index is 0.0337. The van der Waals surface area contributed by atoms with Crippen LogP contribution in [0.15, 0.2) is 12.5 Å². The van der Waals surface area contributed by atoms with Crippen molar-refractivity contribution in [3.63, 3.8) is 0 Å². The van der Waals surface area contributed by atoms with Gasteiger partial charge in [0, 0.05) is 49.7 Å². The predicted octanol–water partition coefficient (Wildman–Crippen LogP) is 1.93. The summed E-state index contributed by atoms with van der Waals surface area (Å²) < 4.78 is 53.3. The van der Waals surface area contributed by atoms with Crippen molar-refractivity contribution in [1.82, 2.24) is 36.1 Å². The molecular weight excluding hydrogens is 811 g/mol. The fraction of sp³-hybridized carbons (Fsp3) is 0.759. The maximum Gasteiger partial charge on any atom is 0.490 e. The Morgan fingerprint density at radius 1 is 0.873 bits per heavy atom. The minimum Gasteiger partial charge on any atom is -0.356 e. The standard InChI is InChI=1S/C29H50N7O15P3S/c37-24(9-2-1-5-13-30-25(38)10-4-3-8-23-27-22(18-55-23)34-29(40)35-27)31-14-6-7-15-32-28(39)21-16-36(19-33-21)26-12-11-20(49-26)17-48-53(44,45)51-54(46,47)50-52(41,42)43/h16,19-20,22-23,26-27H,1-15,17-18H2,(H,30,38)(H,31,37)(H,32,39)(H,44,45)(H,46,47)(H2,34,35,40)(H2,41,42,43)/t20-,22+,23?,26+,27+/m0/s1. The number of fused-ring (bicyclic) bond motifs is 1. The number of aromatic nitrogens is 2. The lowest BCUT2D eigenvalue weighted by Crippen LogP contribution is -2.36. The van der Waals surface area contributed by atoms with Crippen LogP contribution in [0.1, 0.15) is 93.8 Å². The zero-order valence-electron chi connectivity index (χ0n) is 30.0. The average Bonchev–Trinajstić information content (AvgIpc) is 3.89. The fourth-order valence-electron chi connectivity index (χ4n) is 6.16. The van der Waals surface area contributed by atoms with E-state index in [0.717, 1.165) is 37.9 Å². The van der Waals surface area contributed by atoms with Crippen LogP contribution < -0.4 is 26.6 Å². The maximum atomic E-state index is 12.5. The first-order valence-corrected chi connectivity index (χ1v) is 23.5. The molecule has 0 aromatic carbocycles. The highest BCUT2D eigenvalue weighted by atomic mass is 32.2. The Bertz CT molecular complexity index is 1620. The number of hydrogen-bond donors (Lipinski definition) is 9. The number of thioether (sulfide) groups is 1. The summed E-state index contributed by atoms with van der Waals surface area (Å²) in [5.74, 6) is 0.490. The molecule has 3 aliphatic heterocycles. The molecule has 4 rings (SSSR count). The molecule has 1 aromatic heterocycles. The first-order chi connectivity index (χ1) is 26.0. The Morgan fingerprint density at radius 3 is 2.22 bits per heavy atom. The largest absolute Gasteiger partial charge is 0.490 e. The Hall–Kier alpha value is -2.39. The van der Waals surface area contributed by atoms with Gasteiger partial charge in [-0.25, -0.2) is 23.5 Å².